The second kappa shape index (κ2) is 7.97. The van der Waals surface area contributed by atoms with Crippen LogP contribution in [0.25, 0.3) is 22.0 Å². The van der Waals surface area contributed by atoms with Crippen LogP contribution < -0.4 is 11.2 Å². The minimum absolute atomic E-state index is 0.0481. The second-order valence-corrected chi connectivity index (χ2v) is 8.02. The van der Waals surface area contributed by atoms with E-state index >= 15 is 0 Å². The van der Waals surface area contributed by atoms with Crippen molar-refractivity contribution in [2.45, 2.75) is 19.9 Å². The van der Waals surface area contributed by atoms with E-state index in [4.69, 9.17) is 5.73 Å². The largest absolute Gasteiger partial charge is 0.394 e. The van der Waals surface area contributed by atoms with E-state index < -0.39 is 0 Å². The number of pyridine rings is 3. The SMILES string of the molecule is Cc1ccncc1-c1cc2cc(NN3C=CC=C4C3=CCN4C(C)CO)ncc2c(N)n1. The zero-order valence-electron chi connectivity index (χ0n) is 18.0. The molecule has 5 rings (SSSR count). The van der Waals surface area contributed by atoms with Crippen LogP contribution in [0.15, 0.2) is 72.6 Å². The van der Waals surface area contributed by atoms with Crippen molar-refractivity contribution in [1.82, 2.24) is 24.9 Å². The van der Waals surface area contributed by atoms with Crippen LogP contribution in [0.1, 0.15) is 12.5 Å². The van der Waals surface area contributed by atoms with Gasteiger partial charge >= 0.3 is 0 Å². The van der Waals surface area contributed by atoms with Gasteiger partial charge in [-0.05, 0) is 61.2 Å². The van der Waals surface area contributed by atoms with E-state index in [0.29, 0.717) is 11.6 Å². The van der Waals surface area contributed by atoms with Gasteiger partial charge in [-0.2, -0.15) is 0 Å². The van der Waals surface area contributed by atoms with E-state index in [1.807, 2.05) is 49.3 Å². The fourth-order valence-corrected chi connectivity index (χ4v) is 4.08. The van der Waals surface area contributed by atoms with Gasteiger partial charge in [0.05, 0.1) is 23.7 Å². The van der Waals surface area contributed by atoms with Crippen molar-refractivity contribution in [3.05, 3.63) is 78.2 Å². The average Bonchev–Trinajstić information content (AvgIpc) is 3.24. The number of nitrogens with two attached hydrogens (primary N) is 1. The lowest BCUT2D eigenvalue weighted by molar-refractivity contribution is 0.180. The maximum Gasteiger partial charge on any atom is 0.145 e. The summed E-state index contributed by atoms with van der Waals surface area (Å²) in [6, 6.07) is 5.99. The predicted octanol–water partition coefficient (Wildman–Crippen LogP) is 3.20. The molecule has 32 heavy (non-hydrogen) atoms. The third kappa shape index (κ3) is 3.44. The number of anilines is 2. The lowest BCUT2D eigenvalue weighted by Crippen LogP contribution is -2.35. The molecule has 8 nitrogen and oxygen atoms in total. The summed E-state index contributed by atoms with van der Waals surface area (Å²) in [7, 11) is 0. The first-order valence-corrected chi connectivity index (χ1v) is 10.5. The molecular weight excluding hydrogens is 402 g/mol. The molecular formula is C24H25N7O. The summed E-state index contributed by atoms with van der Waals surface area (Å²) >= 11 is 0. The average molecular weight is 428 g/mol. The summed E-state index contributed by atoms with van der Waals surface area (Å²) in [6.45, 7) is 4.90. The fourth-order valence-electron chi connectivity index (χ4n) is 4.08. The van der Waals surface area contributed by atoms with Crippen molar-refractivity contribution in [2.24, 2.45) is 0 Å². The Hall–Kier alpha value is -3.91. The van der Waals surface area contributed by atoms with Gasteiger partial charge in [-0.3, -0.25) is 15.4 Å². The molecule has 5 heterocycles. The number of aromatic nitrogens is 3. The van der Waals surface area contributed by atoms with Crippen molar-refractivity contribution in [1.29, 1.82) is 0 Å². The molecule has 0 aliphatic carbocycles. The van der Waals surface area contributed by atoms with Crippen LogP contribution in [0.4, 0.5) is 11.6 Å². The Morgan fingerprint density at radius 2 is 2.12 bits per heavy atom. The minimum atomic E-state index is 0.0481. The molecule has 2 aliphatic rings. The van der Waals surface area contributed by atoms with Crippen molar-refractivity contribution >= 4 is 22.4 Å². The lowest BCUT2D eigenvalue weighted by atomic mass is 10.1. The number of aryl methyl sites for hydroxylation is 1. The Morgan fingerprint density at radius 1 is 1.25 bits per heavy atom. The van der Waals surface area contributed by atoms with Crippen LogP contribution in [0.3, 0.4) is 0 Å². The van der Waals surface area contributed by atoms with Crippen LogP contribution in [-0.2, 0) is 0 Å². The van der Waals surface area contributed by atoms with Gasteiger partial charge in [0.15, 0.2) is 0 Å². The number of allylic oxidation sites excluding steroid dienone is 2. The Kier molecular flexibility index (Phi) is 4.99. The first-order valence-electron chi connectivity index (χ1n) is 10.5. The molecule has 0 saturated heterocycles. The Morgan fingerprint density at radius 3 is 2.94 bits per heavy atom. The van der Waals surface area contributed by atoms with Crippen LogP contribution in [0, 0.1) is 6.92 Å². The molecule has 4 N–H and O–H groups in total. The van der Waals surface area contributed by atoms with Crippen molar-refractivity contribution in [3.63, 3.8) is 0 Å². The van der Waals surface area contributed by atoms with Crippen LogP contribution in [0.5, 0.6) is 0 Å². The standard InChI is InChI=1S/C24H25N7O/c1-15-5-7-26-12-18(15)20-10-17-11-23(27-13-19(17)24(25)28-20)29-31-8-3-4-21-22(31)6-9-30(21)16(2)14-32/h3-8,10-13,16,32H,9,14H2,1-2H3,(H2,25,28)(H,27,29). The monoisotopic (exact) mass is 427 g/mol. The first-order chi connectivity index (χ1) is 15.5. The Balaban J connectivity index is 1.45. The molecule has 3 aromatic rings. The molecule has 0 fully saturated rings. The van der Waals surface area contributed by atoms with Crippen LogP contribution >= 0.6 is 0 Å². The smallest absolute Gasteiger partial charge is 0.145 e. The van der Waals surface area contributed by atoms with Crippen LogP contribution in [0.2, 0.25) is 0 Å². The summed E-state index contributed by atoms with van der Waals surface area (Å²) in [6.07, 6.45) is 13.5. The maximum atomic E-state index is 9.56. The van der Waals surface area contributed by atoms with Gasteiger partial charge in [-0.15, -0.1) is 0 Å². The van der Waals surface area contributed by atoms with E-state index in [1.54, 1.807) is 18.6 Å². The summed E-state index contributed by atoms with van der Waals surface area (Å²) in [5.41, 5.74) is 14.6. The number of aliphatic hydroxyl groups is 1. The fraction of sp³-hybridized carbons (Fsp3) is 0.208. The topological polar surface area (TPSA) is 103 Å². The molecule has 0 radical (unpaired) electrons. The predicted molar refractivity (Wildman–Crippen MR) is 126 cm³/mol. The zero-order valence-corrected chi connectivity index (χ0v) is 18.0. The van der Waals surface area contributed by atoms with E-state index in [1.165, 1.54) is 0 Å². The number of aliphatic hydroxyl groups excluding tert-OH is 1. The van der Waals surface area contributed by atoms with Crippen molar-refractivity contribution in [2.75, 3.05) is 24.3 Å². The molecule has 0 aromatic carbocycles. The molecule has 0 saturated carbocycles. The zero-order chi connectivity index (χ0) is 22.2. The third-order valence-electron chi connectivity index (χ3n) is 5.89. The number of nitrogens with one attached hydrogen (secondary N) is 1. The molecule has 1 unspecified atom stereocenters. The van der Waals surface area contributed by atoms with Crippen molar-refractivity contribution < 1.29 is 5.11 Å². The van der Waals surface area contributed by atoms with Gasteiger partial charge in [-0.25, -0.2) is 9.97 Å². The lowest BCUT2D eigenvalue weighted by Gasteiger charge is -2.32. The summed E-state index contributed by atoms with van der Waals surface area (Å²) in [5, 5.41) is 13.3. The van der Waals surface area contributed by atoms with Gasteiger partial charge in [-0.1, -0.05) is 0 Å². The maximum absolute atomic E-state index is 9.56. The quantitative estimate of drug-likeness (QED) is 0.570. The molecule has 1 atom stereocenters. The highest BCUT2D eigenvalue weighted by Gasteiger charge is 2.28. The minimum Gasteiger partial charge on any atom is -0.394 e. The first kappa shape index (κ1) is 20.0. The molecule has 162 valence electrons. The molecule has 0 spiro atoms. The molecule has 0 bridgehead atoms. The highest BCUT2D eigenvalue weighted by Crippen LogP contribution is 2.32. The van der Waals surface area contributed by atoms with E-state index in [-0.39, 0.29) is 12.6 Å². The van der Waals surface area contributed by atoms with Gasteiger partial charge in [0.1, 0.15) is 11.6 Å². The number of hydrogen-bond donors (Lipinski definition) is 3. The van der Waals surface area contributed by atoms with Gasteiger partial charge in [0.25, 0.3) is 0 Å². The summed E-state index contributed by atoms with van der Waals surface area (Å²) < 4.78 is 0. The van der Waals surface area contributed by atoms with E-state index in [0.717, 1.165) is 45.5 Å². The number of fused-ring (bicyclic) bond motifs is 2. The molecule has 3 aromatic heterocycles. The molecule has 2 aliphatic heterocycles. The number of nitrogens with zero attached hydrogens (tertiary/aromatic N) is 5. The summed E-state index contributed by atoms with van der Waals surface area (Å²) in [4.78, 5) is 15.5. The normalized spacial score (nSPS) is 16.1. The number of hydrazine groups is 1. The van der Waals surface area contributed by atoms with Gasteiger partial charge < -0.3 is 15.7 Å². The van der Waals surface area contributed by atoms with Crippen LogP contribution in [-0.4, -0.2) is 49.2 Å². The summed E-state index contributed by atoms with van der Waals surface area (Å²) in [5.74, 6) is 1.13. The molecule has 0 amide bonds. The highest BCUT2D eigenvalue weighted by molar-refractivity contribution is 5.94. The number of nitrogen functional groups attached to an aromatic ring is 1. The van der Waals surface area contributed by atoms with E-state index in [9.17, 15) is 5.11 Å². The highest BCUT2D eigenvalue weighted by atomic mass is 16.3. The second-order valence-electron chi connectivity index (χ2n) is 8.02. The Labute approximate surface area is 186 Å². The molecule has 8 heteroatoms. The number of hydrogen-bond acceptors (Lipinski definition) is 8. The van der Waals surface area contributed by atoms with E-state index in [2.05, 4.69) is 37.4 Å². The Bertz CT molecular complexity index is 1280. The van der Waals surface area contributed by atoms with Gasteiger partial charge in [0.2, 0.25) is 0 Å². The van der Waals surface area contributed by atoms with Gasteiger partial charge in [0, 0.05) is 48.3 Å². The number of rotatable bonds is 5. The van der Waals surface area contributed by atoms with Crippen molar-refractivity contribution in [3.8, 4) is 11.3 Å². The third-order valence-corrected chi connectivity index (χ3v) is 5.89.